The highest BCUT2D eigenvalue weighted by atomic mass is 79.9. The van der Waals surface area contributed by atoms with Crippen LogP contribution >= 0.6 is 27.3 Å². The van der Waals surface area contributed by atoms with Gasteiger partial charge in [0.1, 0.15) is 5.01 Å². The Balaban J connectivity index is 2.19. The van der Waals surface area contributed by atoms with E-state index >= 15 is 0 Å². The number of carbonyl (C=O) groups excluding carboxylic acids is 1. The Bertz CT molecular complexity index is 584. The summed E-state index contributed by atoms with van der Waals surface area (Å²) < 4.78 is 0.696. The molecule has 0 bridgehead atoms. The molecule has 0 atom stereocenters. The van der Waals surface area contributed by atoms with E-state index in [0.29, 0.717) is 20.9 Å². The Morgan fingerprint density at radius 1 is 1.50 bits per heavy atom. The van der Waals surface area contributed by atoms with E-state index < -0.39 is 0 Å². The molecule has 0 spiro atoms. The molecule has 7 heteroatoms. The molecule has 3 N–H and O–H groups in total. The van der Waals surface area contributed by atoms with Gasteiger partial charge in [-0.3, -0.25) is 10.1 Å². The summed E-state index contributed by atoms with van der Waals surface area (Å²) in [7, 11) is 0. The summed E-state index contributed by atoms with van der Waals surface area (Å²) in [4.78, 5) is 12.0. The van der Waals surface area contributed by atoms with Gasteiger partial charge in [-0.15, -0.1) is 10.2 Å². The van der Waals surface area contributed by atoms with Crippen molar-refractivity contribution in [1.82, 2.24) is 10.2 Å². The molecular weight excluding hydrogens is 316 g/mol. The van der Waals surface area contributed by atoms with Crippen LogP contribution in [0, 0.1) is 0 Å². The molecule has 1 heterocycles. The standard InChI is InChI=1S/C11H11BrN4OS/c1-2-8-15-16-11(18-8)14-10(17)6-4-3-5-7(12)9(6)13/h3-5H,2,13H2,1H3,(H,14,16,17). The summed E-state index contributed by atoms with van der Waals surface area (Å²) in [5.41, 5.74) is 6.65. The molecule has 0 fully saturated rings. The van der Waals surface area contributed by atoms with Gasteiger partial charge in [-0.05, 0) is 34.5 Å². The number of hydrogen-bond donors (Lipinski definition) is 2. The molecule has 0 saturated carbocycles. The van der Waals surface area contributed by atoms with Crippen LogP contribution in [0.2, 0.25) is 0 Å². The molecule has 0 radical (unpaired) electrons. The van der Waals surface area contributed by atoms with Gasteiger partial charge in [-0.25, -0.2) is 0 Å². The highest BCUT2D eigenvalue weighted by Crippen LogP contribution is 2.24. The number of nitrogens with one attached hydrogen (secondary N) is 1. The number of rotatable bonds is 3. The number of amides is 1. The van der Waals surface area contributed by atoms with E-state index in [1.165, 1.54) is 11.3 Å². The van der Waals surface area contributed by atoms with Crippen molar-refractivity contribution < 1.29 is 4.79 Å². The van der Waals surface area contributed by atoms with Gasteiger partial charge in [-0.2, -0.15) is 0 Å². The minimum absolute atomic E-state index is 0.285. The number of nitrogen functional groups attached to an aromatic ring is 1. The third-order valence-corrected chi connectivity index (χ3v) is 3.96. The quantitative estimate of drug-likeness (QED) is 0.850. The molecule has 1 amide bonds. The lowest BCUT2D eigenvalue weighted by Gasteiger charge is -2.06. The van der Waals surface area contributed by atoms with E-state index in [0.717, 1.165) is 11.4 Å². The molecule has 0 unspecified atom stereocenters. The fourth-order valence-electron chi connectivity index (χ4n) is 1.35. The fraction of sp³-hybridized carbons (Fsp3) is 0.182. The molecule has 1 aromatic heterocycles. The molecule has 2 rings (SSSR count). The summed E-state index contributed by atoms with van der Waals surface area (Å²) in [5, 5.41) is 11.9. The minimum atomic E-state index is -0.285. The average Bonchev–Trinajstić information content (AvgIpc) is 2.80. The molecule has 0 saturated heterocycles. The zero-order chi connectivity index (χ0) is 13.1. The number of halogens is 1. The minimum Gasteiger partial charge on any atom is -0.397 e. The molecule has 0 aliphatic heterocycles. The van der Waals surface area contributed by atoms with Gasteiger partial charge >= 0.3 is 0 Å². The van der Waals surface area contributed by atoms with Crippen molar-refractivity contribution in [2.75, 3.05) is 11.1 Å². The maximum Gasteiger partial charge on any atom is 0.259 e. The number of aryl methyl sites for hydroxylation is 1. The van der Waals surface area contributed by atoms with Crippen LogP contribution in [0.15, 0.2) is 22.7 Å². The van der Waals surface area contributed by atoms with Gasteiger partial charge in [0.15, 0.2) is 0 Å². The van der Waals surface area contributed by atoms with Crippen molar-refractivity contribution in [2.24, 2.45) is 0 Å². The van der Waals surface area contributed by atoms with Crippen molar-refractivity contribution in [3.8, 4) is 0 Å². The Labute approximate surface area is 117 Å². The van der Waals surface area contributed by atoms with E-state index in [2.05, 4.69) is 31.4 Å². The van der Waals surface area contributed by atoms with Gasteiger partial charge in [0.05, 0.1) is 11.3 Å². The van der Waals surface area contributed by atoms with E-state index in [4.69, 9.17) is 5.73 Å². The maximum atomic E-state index is 12.0. The highest BCUT2D eigenvalue weighted by molar-refractivity contribution is 9.10. The van der Waals surface area contributed by atoms with Crippen molar-refractivity contribution in [2.45, 2.75) is 13.3 Å². The normalized spacial score (nSPS) is 10.3. The molecule has 0 aliphatic rings. The SMILES string of the molecule is CCc1nnc(NC(=O)c2cccc(Br)c2N)s1. The zero-order valence-corrected chi connectivity index (χ0v) is 12.0. The first kappa shape index (κ1) is 13.0. The molecule has 5 nitrogen and oxygen atoms in total. The summed E-state index contributed by atoms with van der Waals surface area (Å²) in [5.74, 6) is -0.285. The number of nitrogens with zero attached hydrogens (tertiary/aromatic N) is 2. The predicted octanol–water partition coefficient (Wildman–Crippen LogP) is 2.70. The van der Waals surface area contributed by atoms with Crippen molar-refractivity contribution in [3.63, 3.8) is 0 Å². The molecular formula is C11H11BrN4OS. The number of carbonyl (C=O) groups is 1. The van der Waals surface area contributed by atoms with Gasteiger partial charge < -0.3 is 5.73 Å². The topological polar surface area (TPSA) is 80.9 Å². The molecule has 18 heavy (non-hydrogen) atoms. The lowest BCUT2D eigenvalue weighted by atomic mass is 10.2. The molecule has 2 aromatic rings. The second-order valence-electron chi connectivity index (χ2n) is 3.51. The van der Waals surface area contributed by atoms with E-state index in [9.17, 15) is 4.79 Å². The van der Waals surface area contributed by atoms with E-state index in [-0.39, 0.29) is 5.91 Å². The average molecular weight is 327 g/mol. The smallest absolute Gasteiger partial charge is 0.259 e. The number of hydrogen-bond acceptors (Lipinski definition) is 5. The van der Waals surface area contributed by atoms with Crippen LogP contribution in [0.3, 0.4) is 0 Å². The third-order valence-electron chi connectivity index (χ3n) is 2.29. The van der Waals surface area contributed by atoms with Crippen molar-refractivity contribution in [1.29, 1.82) is 0 Å². The largest absolute Gasteiger partial charge is 0.397 e. The van der Waals surface area contributed by atoms with Crippen LogP contribution in [0.4, 0.5) is 10.8 Å². The Morgan fingerprint density at radius 3 is 2.94 bits per heavy atom. The second-order valence-corrected chi connectivity index (χ2v) is 5.43. The van der Waals surface area contributed by atoms with Crippen LogP contribution < -0.4 is 11.1 Å². The summed E-state index contributed by atoms with van der Waals surface area (Å²) in [6.45, 7) is 1.98. The number of anilines is 2. The molecule has 94 valence electrons. The van der Waals surface area contributed by atoms with Crippen molar-refractivity contribution >= 4 is 44.0 Å². The Kier molecular flexibility index (Phi) is 3.93. The second kappa shape index (κ2) is 5.45. The monoisotopic (exact) mass is 326 g/mol. The van der Waals surface area contributed by atoms with Gasteiger partial charge in [-0.1, -0.05) is 24.3 Å². The van der Waals surface area contributed by atoms with Crippen molar-refractivity contribution in [3.05, 3.63) is 33.2 Å². The maximum absolute atomic E-state index is 12.0. The van der Waals surface area contributed by atoms with E-state index in [1.807, 2.05) is 6.92 Å². The van der Waals surface area contributed by atoms with Crippen LogP contribution in [0.25, 0.3) is 0 Å². The van der Waals surface area contributed by atoms with Crippen LogP contribution in [-0.4, -0.2) is 16.1 Å². The van der Waals surface area contributed by atoms with Gasteiger partial charge in [0, 0.05) is 4.47 Å². The third kappa shape index (κ3) is 2.68. The van der Waals surface area contributed by atoms with E-state index in [1.54, 1.807) is 18.2 Å². The Morgan fingerprint density at radius 2 is 2.28 bits per heavy atom. The number of aromatic nitrogens is 2. The van der Waals surface area contributed by atoms with Gasteiger partial charge in [0.2, 0.25) is 5.13 Å². The van der Waals surface area contributed by atoms with Crippen LogP contribution in [-0.2, 0) is 6.42 Å². The van der Waals surface area contributed by atoms with Crippen LogP contribution in [0.5, 0.6) is 0 Å². The first-order valence-electron chi connectivity index (χ1n) is 5.29. The number of para-hydroxylation sites is 1. The fourth-order valence-corrected chi connectivity index (χ4v) is 2.39. The number of benzene rings is 1. The van der Waals surface area contributed by atoms with Gasteiger partial charge in [0.25, 0.3) is 5.91 Å². The predicted molar refractivity (Wildman–Crippen MR) is 75.8 cm³/mol. The lowest BCUT2D eigenvalue weighted by molar-refractivity contribution is 0.102. The summed E-state index contributed by atoms with van der Waals surface area (Å²) >= 11 is 4.64. The first-order valence-corrected chi connectivity index (χ1v) is 6.90. The summed E-state index contributed by atoms with van der Waals surface area (Å²) in [6, 6.07) is 5.20. The highest BCUT2D eigenvalue weighted by Gasteiger charge is 2.13. The Hall–Kier alpha value is -1.47. The van der Waals surface area contributed by atoms with Crippen LogP contribution in [0.1, 0.15) is 22.3 Å². The lowest BCUT2D eigenvalue weighted by Crippen LogP contribution is -2.14. The number of nitrogens with two attached hydrogens (primary N) is 1. The summed E-state index contributed by atoms with van der Waals surface area (Å²) in [6.07, 6.45) is 0.798. The molecule has 0 aliphatic carbocycles. The zero-order valence-electron chi connectivity index (χ0n) is 9.61. The molecule has 1 aromatic carbocycles. The first-order chi connectivity index (χ1) is 8.61.